The zero-order valence-electron chi connectivity index (χ0n) is 13.6. The Morgan fingerprint density at radius 3 is 2.38 bits per heavy atom. The number of hydrogen-bond acceptors (Lipinski definition) is 6. The molecule has 134 valence electrons. The van der Waals surface area contributed by atoms with Crippen LogP contribution in [0.5, 0.6) is 5.75 Å². The number of aromatic nitrogens is 3. The number of nitrogens with zero attached hydrogens (tertiary/aromatic N) is 3. The Bertz CT molecular complexity index is 884. The lowest BCUT2D eigenvalue weighted by Gasteiger charge is -2.14. The lowest BCUT2D eigenvalue weighted by molar-refractivity contribution is -0.136. The number of halogens is 3. The maximum atomic E-state index is 13.1. The first kappa shape index (κ1) is 17.5. The number of para-hydroxylation sites is 1. The average Bonchev–Trinajstić information content (AvgIpc) is 2.62. The van der Waals surface area contributed by atoms with Gasteiger partial charge in [-0.2, -0.15) is 23.3 Å². The summed E-state index contributed by atoms with van der Waals surface area (Å²) in [4.78, 5) is 4.13. The highest BCUT2D eigenvalue weighted by atomic mass is 19.4. The van der Waals surface area contributed by atoms with Crippen LogP contribution >= 0.6 is 0 Å². The van der Waals surface area contributed by atoms with E-state index in [1.54, 1.807) is 31.4 Å². The van der Waals surface area contributed by atoms with E-state index >= 15 is 0 Å². The molecule has 3 aromatic rings. The van der Waals surface area contributed by atoms with Gasteiger partial charge in [0, 0.05) is 5.69 Å². The molecule has 6 nitrogen and oxygen atoms in total. The smallest absolute Gasteiger partial charge is 0.418 e. The first-order chi connectivity index (χ1) is 12.5. The van der Waals surface area contributed by atoms with Gasteiger partial charge in [-0.25, -0.2) is 0 Å². The minimum atomic E-state index is -4.48. The zero-order chi connectivity index (χ0) is 18.6. The van der Waals surface area contributed by atoms with Crippen molar-refractivity contribution in [2.75, 3.05) is 17.7 Å². The van der Waals surface area contributed by atoms with Crippen molar-refractivity contribution in [2.24, 2.45) is 0 Å². The maximum Gasteiger partial charge on any atom is 0.418 e. The first-order valence-corrected chi connectivity index (χ1v) is 7.50. The van der Waals surface area contributed by atoms with Crippen LogP contribution in [0.15, 0.2) is 54.7 Å². The van der Waals surface area contributed by atoms with Crippen LogP contribution in [-0.4, -0.2) is 22.3 Å². The molecule has 1 heterocycles. The van der Waals surface area contributed by atoms with Gasteiger partial charge >= 0.3 is 6.18 Å². The molecule has 0 fully saturated rings. The van der Waals surface area contributed by atoms with E-state index in [0.29, 0.717) is 11.4 Å². The summed E-state index contributed by atoms with van der Waals surface area (Å²) in [5.74, 6) is 0.964. The molecule has 0 amide bonds. The summed E-state index contributed by atoms with van der Waals surface area (Å²) in [6, 6.07) is 12.1. The molecule has 0 aliphatic heterocycles. The van der Waals surface area contributed by atoms with E-state index in [-0.39, 0.29) is 17.5 Å². The summed E-state index contributed by atoms with van der Waals surface area (Å²) in [6.45, 7) is 0. The van der Waals surface area contributed by atoms with E-state index in [4.69, 9.17) is 4.74 Å². The van der Waals surface area contributed by atoms with Crippen LogP contribution in [0, 0.1) is 0 Å². The van der Waals surface area contributed by atoms with Crippen molar-refractivity contribution in [1.29, 1.82) is 0 Å². The van der Waals surface area contributed by atoms with Crippen LogP contribution in [0.3, 0.4) is 0 Å². The second-order valence-corrected chi connectivity index (χ2v) is 5.19. The fourth-order valence-corrected chi connectivity index (χ4v) is 2.20. The third kappa shape index (κ3) is 4.18. The molecule has 9 heteroatoms. The van der Waals surface area contributed by atoms with Crippen molar-refractivity contribution in [3.8, 4) is 5.75 Å². The fraction of sp³-hybridized carbons (Fsp3) is 0.118. The highest BCUT2D eigenvalue weighted by Gasteiger charge is 2.33. The second kappa shape index (κ2) is 7.26. The predicted octanol–water partition coefficient (Wildman–Crippen LogP) is 4.39. The number of nitrogens with one attached hydrogen (secondary N) is 2. The van der Waals surface area contributed by atoms with Gasteiger partial charge in [-0.15, -0.1) is 5.10 Å². The molecule has 0 saturated carbocycles. The minimum Gasteiger partial charge on any atom is -0.497 e. The monoisotopic (exact) mass is 361 g/mol. The molecule has 1 aromatic heterocycles. The lowest BCUT2D eigenvalue weighted by Crippen LogP contribution is -2.09. The third-order valence-corrected chi connectivity index (χ3v) is 3.40. The van der Waals surface area contributed by atoms with E-state index in [1.165, 1.54) is 24.4 Å². The first-order valence-electron chi connectivity index (χ1n) is 7.50. The Kier molecular flexibility index (Phi) is 4.87. The molecule has 0 spiro atoms. The molecule has 26 heavy (non-hydrogen) atoms. The van der Waals surface area contributed by atoms with Crippen LogP contribution in [0.4, 0.5) is 36.3 Å². The van der Waals surface area contributed by atoms with Crippen LogP contribution in [0.2, 0.25) is 0 Å². The number of benzene rings is 2. The summed E-state index contributed by atoms with van der Waals surface area (Å²) in [5.41, 5.74) is -0.223. The molecule has 0 aliphatic carbocycles. The van der Waals surface area contributed by atoms with Crippen LogP contribution < -0.4 is 15.4 Å². The Morgan fingerprint density at radius 2 is 1.69 bits per heavy atom. The van der Waals surface area contributed by atoms with E-state index < -0.39 is 11.7 Å². The molecule has 0 bridgehead atoms. The van der Waals surface area contributed by atoms with E-state index in [2.05, 4.69) is 25.8 Å². The summed E-state index contributed by atoms with van der Waals surface area (Å²) >= 11 is 0. The Morgan fingerprint density at radius 1 is 0.962 bits per heavy atom. The van der Waals surface area contributed by atoms with Crippen molar-refractivity contribution in [1.82, 2.24) is 15.2 Å². The van der Waals surface area contributed by atoms with Gasteiger partial charge in [-0.1, -0.05) is 12.1 Å². The topological polar surface area (TPSA) is 72.0 Å². The summed E-state index contributed by atoms with van der Waals surface area (Å²) < 4.78 is 44.3. The summed E-state index contributed by atoms with van der Waals surface area (Å²) in [7, 11) is 1.56. The Labute approximate surface area is 147 Å². The molecule has 3 rings (SSSR count). The van der Waals surface area contributed by atoms with Crippen molar-refractivity contribution in [2.45, 2.75) is 6.18 Å². The van der Waals surface area contributed by atoms with Gasteiger partial charge in [0.05, 0.1) is 24.6 Å². The number of anilines is 4. The van der Waals surface area contributed by atoms with Gasteiger partial charge in [-0.3, -0.25) is 0 Å². The van der Waals surface area contributed by atoms with Gasteiger partial charge in [-0.05, 0) is 36.4 Å². The molecule has 0 atom stereocenters. The summed E-state index contributed by atoms with van der Waals surface area (Å²) in [6.07, 6.45) is -3.24. The van der Waals surface area contributed by atoms with Crippen molar-refractivity contribution in [3.05, 3.63) is 60.3 Å². The van der Waals surface area contributed by atoms with E-state index in [1.807, 2.05) is 0 Å². The highest BCUT2D eigenvalue weighted by Crippen LogP contribution is 2.35. The van der Waals surface area contributed by atoms with E-state index in [9.17, 15) is 13.2 Å². The zero-order valence-corrected chi connectivity index (χ0v) is 13.6. The van der Waals surface area contributed by atoms with Gasteiger partial charge in [0.1, 0.15) is 5.75 Å². The number of hydrogen-bond donors (Lipinski definition) is 2. The minimum absolute atomic E-state index is 0.115. The van der Waals surface area contributed by atoms with Crippen molar-refractivity contribution < 1.29 is 17.9 Å². The second-order valence-electron chi connectivity index (χ2n) is 5.19. The molecule has 0 saturated heterocycles. The third-order valence-electron chi connectivity index (χ3n) is 3.40. The van der Waals surface area contributed by atoms with Gasteiger partial charge in [0.25, 0.3) is 0 Å². The molecule has 0 unspecified atom stereocenters. The molecule has 0 aliphatic rings. The fourth-order valence-electron chi connectivity index (χ4n) is 2.20. The molecular weight excluding hydrogens is 347 g/mol. The lowest BCUT2D eigenvalue weighted by atomic mass is 10.1. The van der Waals surface area contributed by atoms with Gasteiger partial charge in [0.15, 0.2) is 5.82 Å². The SMILES string of the molecule is COc1ccc(Nc2nncc(Nc3ccccc3C(F)(F)F)n2)cc1. The average molecular weight is 361 g/mol. The van der Waals surface area contributed by atoms with E-state index in [0.717, 1.165) is 6.07 Å². The molecule has 0 radical (unpaired) electrons. The van der Waals surface area contributed by atoms with Crippen LogP contribution in [0.1, 0.15) is 5.56 Å². The standard InChI is InChI=1S/C17H14F3N5O/c1-26-12-8-6-11(7-9-12)22-16-24-15(10-21-25-16)23-14-5-3-2-4-13(14)17(18,19)20/h2-10H,1H3,(H2,22,23,24,25). The van der Waals surface area contributed by atoms with Crippen molar-refractivity contribution in [3.63, 3.8) is 0 Å². The number of ether oxygens (including phenoxy) is 1. The normalized spacial score (nSPS) is 11.1. The molecular formula is C17H14F3N5O. The van der Waals surface area contributed by atoms with Gasteiger partial charge in [0.2, 0.25) is 5.95 Å². The number of alkyl halides is 3. The number of methoxy groups -OCH3 is 1. The van der Waals surface area contributed by atoms with Crippen molar-refractivity contribution >= 4 is 23.1 Å². The number of rotatable bonds is 5. The summed E-state index contributed by atoms with van der Waals surface area (Å²) in [5, 5.41) is 13.1. The quantitative estimate of drug-likeness (QED) is 0.702. The largest absolute Gasteiger partial charge is 0.497 e. The molecule has 2 aromatic carbocycles. The van der Waals surface area contributed by atoms with Crippen LogP contribution in [-0.2, 0) is 6.18 Å². The van der Waals surface area contributed by atoms with Gasteiger partial charge < -0.3 is 15.4 Å². The highest BCUT2D eigenvalue weighted by molar-refractivity contribution is 5.62. The Hall–Kier alpha value is -3.36. The van der Waals surface area contributed by atoms with Crippen LogP contribution in [0.25, 0.3) is 0 Å². The maximum absolute atomic E-state index is 13.1. The Balaban J connectivity index is 1.80. The molecule has 2 N–H and O–H groups in total. The predicted molar refractivity (Wildman–Crippen MR) is 90.8 cm³/mol.